The maximum absolute atomic E-state index is 5.85. The van der Waals surface area contributed by atoms with Gasteiger partial charge in [-0.2, -0.15) is 0 Å². The third-order valence-corrected chi connectivity index (χ3v) is 3.32. The molecule has 1 rings (SSSR count). The van der Waals surface area contributed by atoms with Crippen molar-refractivity contribution >= 4 is 22.9 Å². The van der Waals surface area contributed by atoms with Crippen LogP contribution < -0.4 is 5.32 Å². The van der Waals surface area contributed by atoms with Crippen molar-refractivity contribution in [2.45, 2.75) is 39.2 Å². The van der Waals surface area contributed by atoms with Crippen molar-refractivity contribution in [3.05, 3.63) is 21.3 Å². The van der Waals surface area contributed by atoms with Gasteiger partial charge in [0, 0.05) is 10.9 Å². The maximum Gasteiger partial charge on any atom is 0.0931 e. The van der Waals surface area contributed by atoms with Gasteiger partial charge in [-0.3, -0.25) is 0 Å². The molecule has 0 aliphatic heterocycles. The zero-order chi connectivity index (χ0) is 10.4. The van der Waals surface area contributed by atoms with Crippen molar-refractivity contribution in [1.29, 1.82) is 0 Å². The second-order valence-electron chi connectivity index (χ2n) is 3.77. The Morgan fingerprint density at radius 3 is 2.71 bits per heavy atom. The molecule has 0 bridgehead atoms. The lowest BCUT2D eigenvalue weighted by molar-refractivity contribution is 0.558. The predicted molar refractivity (Wildman–Crippen MR) is 65.4 cm³/mol. The van der Waals surface area contributed by atoms with Crippen LogP contribution in [0, 0.1) is 0 Å². The van der Waals surface area contributed by atoms with E-state index >= 15 is 0 Å². The van der Waals surface area contributed by atoms with Crippen LogP contribution in [0.5, 0.6) is 0 Å². The molecule has 0 aliphatic carbocycles. The molecule has 0 amide bonds. The van der Waals surface area contributed by atoms with Crippen LogP contribution in [0.4, 0.5) is 0 Å². The van der Waals surface area contributed by atoms with Crippen molar-refractivity contribution in [3.63, 3.8) is 0 Å². The highest BCUT2D eigenvalue weighted by atomic mass is 35.5. The van der Waals surface area contributed by atoms with Crippen molar-refractivity contribution in [2.24, 2.45) is 0 Å². The van der Waals surface area contributed by atoms with E-state index in [1.807, 2.05) is 6.07 Å². The second kappa shape index (κ2) is 6.44. The Bertz CT molecular complexity index is 258. The SMILES string of the molecule is CC(C)NCCCCc1ccc(Cl)s1. The van der Waals surface area contributed by atoms with E-state index in [4.69, 9.17) is 11.6 Å². The van der Waals surface area contributed by atoms with E-state index in [9.17, 15) is 0 Å². The van der Waals surface area contributed by atoms with Crippen molar-refractivity contribution in [2.75, 3.05) is 6.54 Å². The van der Waals surface area contributed by atoms with Gasteiger partial charge in [-0.15, -0.1) is 11.3 Å². The Balaban J connectivity index is 2.04. The number of thiophene rings is 1. The van der Waals surface area contributed by atoms with E-state index < -0.39 is 0 Å². The standard InChI is InChI=1S/C11H18ClNS/c1-9(2)13-8-4-3-5-10-6-7-11(12)14-10/h6-7,9,13H,3-5,8H2,1-2H3. The molecule has 3 heteroatoms. The molecule has 14 heavy (non-hydrogen) atoms. The number of hydrogen-bond donors (Lipinski definition) is 1. The molecule has 1 aromatic rings. The molecule has 1 aromatic heterocycles. The molecule has 0 aromatic carbocycles. The van der Waals surface area contributed by atoms with Gasteiger partial charge >= 0.3 is 0 Å². The number of unbranched alkanes of at least 4 members (excludes halogenated alkanes) is 1. The normalized spacial score (nSPS) is 11.1. The number of nitrogens with one attached hydrogen (secondary N) is 1. The highest BCUT2D eigenvalue weighted by Crippen LogP contribution is 2.22. The van der Waals surface area contributed by atoms with Crippen molar-refractivity contribution in [1.82, 2.24) is 5.32 Å². The summed E-state index contributed by atoms with van der Waals surface area (Å²) < 4.78 is 0.903. The topological polar surface area (TPSA) is 12.0 Å². The van der Waals surface area contributed by atoms with Crippen LogP contribution in [0.2, 0.25) is 4.34 Å². The van der Waals surface area contributed by atoms with Gasteiger partial charge in [0.05, 0.1) is 4.34 Å². The minimum absolute atomic E-state index is 0.603. The molecule has 0 spiro atoms. The summed E-state index contributed by atoms with van der Waals surface area (Å²) in [4.78, 5) is 1.40. The molecule has 0 radical (unpaired) electrons. The van der Waals surface area contributed by atoms with Crippen molar-refractivity contribution < 1.29 is 0 Å². The molecular weight excluding hydrogens is 214 g/mol. The molecular formula is C11H18ClNS. The fourth-order valence-corrected chi connectivity index (χ4v) is 2.43. The van der Waals surface area contributed by atoms with Crippen LogP contribution in [0.3, 0.4) is 0 Å². The van der Waals surface area contributed by atoms with Gasteiger partial charge in [-0.05, 0) is 37.9 Å². The minimum atomic E-state index is 0.603. The molecule has 0 aliphatic rings. The molecule has 0 saturated carbocycles. The summed E-state index contributed by atoms with van der Waals surface area (Å²) in [6.45, 7) is 5.48. The van der Waals surface area contributed by atoms with E-state index in [2.05, 4.69) is 25.2 Å². The molecule has 0 saturated heterocycles. The van der Waals surface area contributed by atoms with Gasteiger partial charge in [0.15, 0.2) is 0 Å². The maximum atomic E-state index is 5.85. The number of rotatable bonds is 6. The van der Waals surface area contributed by atoms with Crippen LogP contribution >= 0.6 is 22.9 Å². The Morgan fingerprint density at radius 2 is 2.14 bits per heavy atom. The predicted octanol–water partition coefficient (Wildman–Crippen LogP) is 3.72. The van der Waals surface area contributed by atoms with Gasteiger partial charge < -0.3 is 5.32 Å². The van der Waals surface area contributed by atoms with E-state index in [0.29, 0.717) is 6.04 Å². The summed E-state index contributed by atoms with van der Waals surface area (Å²) in [6.07, 6.45) is 3.65. The first-order chi connectivity index (χ1) is 6.68. The summed E-state index contributed by atoms with van der Waals surface area (Å²) in [5.74, 6) is 0. The second-order valence-corrected chi connectivity index (χ2v) is 5.57. The highest BCUT2D eigenvalue weighted by molar-refractivity contribution is 7.16. The number of aryl methyl sites for hydroxylation is 1. The zero-order valence-electron chi connectivity index (χ0n) is 8.85. The van der Waals surface area contributed by atoms with Gasteiger partial charge in [0.25, 0.3) is 0 Å². The Morgan fingerprint density at radius 1 is 1.36 bits per heavy atom. The molecule has 1 nitrogen and oxygen atoms in total. The third kappa shape index (κ3) is 4.99. The summed E-state index contributed by atoms with van der Waals surface area (Å²) in [5, 5.41) is 3.41. The lowest BCUT2D eigenvalue weighted by Crippen LogP contribution is -2.23. The lowest BCUT2D eigenvalue weighted by atomic mass is 10.2. The van der Waals surface area contributed by atoms with Crippen LogP contribution in [-0.2, 0) is 6.42 Å². The quantitative estimate of drug-likeness (QED) is 0.736. The van der Waals surface area contributed by atoms with Crippen LogP contribution in [-0.4, -0.2) is 12.6 Å². The molecule has 80 valence electrons. The molecule has 1 N–H and O–H groups in total. The minimum Gasteiger partial charge on any atom is -0.315 e. The Kier molecular flexibility index (Phi) is 5.53. The zero-order valence-corrected chi connectivity index (χ0v) is 10.4. The van der Waals surface area contributed by atoms with Crippen LogP contribution in [0.1, 0.15) is 31.6 Å². The Labute approximate surface area is 95.5 Å². The average Bonchev–Trinajstić information content (AvgIpc) is 2.50. The van der Waals surface area contributed by atoms with E-state index in [0.717, 1.165) is 17.3 Å². The highest BCUT2D eigenvalue weighted by Gasteiger charge is 1.98. The summed E-state index contributed by atoms with van der Waals surface area (Å²) in [5.41, 5.74) is 0. The Hall–Kier alpha value is -0.0500. The largest absolute Gasteiger partial charge is 0.315 e. The summed E-state index contributed by atoms with van der Waals surface area (Å²) in [6, 6.07) is 4.71. The van der Waals surface area contributed by atoms with E-state index in [1.54, 1.807) is 11.3 Å². The fourth-order valence-electron chi connectivity index (χ4n) is 1.30. The monoisotopic (exact) mass is 231 g/mol. The lowest BCUT2D eigenvalue weighted by Gasteiger charge is -2.06. The van der Waals surface area contributed by atoms with Gasteiger partial charge in [-0.1, -0.05) is 25.4 Å². The first kappa shape index (κ1) is 12.0. The first-order valence-corrected chi connectivity index (χ1v) is 6.35. The summed E-state index contributed by atoms with van der Waals surface area (Å²) in [7, 11) is 0. The van der Waals surface area contributed by atoms with Gasteiger partial charge in [0.1, 0.15) is 0 Å². The van der Waals surface area contributed by atoms with E-state index in [1.165, 1.54) is 17.7 Å². The molecule has 0 unspecified atom stereocenters. The first-order valence-electron chi connectivity index (χ1n) is 5.16. The molecule has 1 heterocycles. The van der Waals surface area contributed by atoms with Crippen LogP contribution in [0.25, 0.3) is 0 Å². The van der Waals surface area contributed by atoms with Crippen LogP contribution in [0.15, 0.2) is 12.1 Å². The number of hydrogen-bond acceptors (Lipinski definition) is 2. The van der Waals surface area contributed by atoms with Gasteiger partial charge in [0.2, 0.25) is 0 Å². The van der Waals surface area contributed by atoms with E-state index in [-0.39, 0.29) is 0 Å². The average molecular weight is 232 g/mol. The fraction of sp³-hybridized carbons (Fsp3) is 0.636. The molecule has 0 atom stereocenters. The van der Waals surface area contributed by atoms with Gasteiger partial charge in [-0.25, -0.2) is 0 Å². The molecule has 0 fully saturated rings. The van der Waals surface area contributed by atoms with Crippen molar-refractivity contribution in [3.8, 4) is 0 Å². The summed E-state index contributed by atoms with van der Waals surface area (Å²) >= 11 is 7.55. The third-order valence-electron chi connectivity index (χ3n) is 2.03. The number of halogens is 1. The smallest absolute Gasteiger partial charge is 0.0931 e.